The van der Waals surface area contributed by atoms with E-state index in [1.54, 1.807) is 0 Å². The Bertz CT molecular complexity index is 422. The first-order valence-electron chi connectivity index (χ1n) is 5.88. The number of nitrogens with one attached hydrogen (secondary N) is 1. The Morgan fingerprint density at radius 2 is 2.18 bits per heavy atom. The van der Waals surface area contributed by atoms with Gasteiger partial charge in [-0.05, 0) is 31.0 Å². The third kappa shape index (κ3) is 2.87. The van der Waals surface area contributed by atoms with Gasteiger partial charge < -0.3 is 10.2 Å². The van der Waals surface area contributed by atoms with E-state index in [1.807, 2.05) is 36.1 Å². The van der Waals surface area contributed by atoms with E-state index in [4.69, 9.17) is 0 Å². The number of nitrogens with zero attached hydrogens (tertiary/aromatic N) is 1. The van der Waals surface area contributed by atoms with Crippen molar-refractivity contribution < 1.29 is 4.79 Å². The summed E-state index contributed by atoms with van der Waals surface area (Å²) >= 11 is 3.44. The topological polar surface area (TPSA) is 32.3 Å². The van der Waals surface area contributed by atoms with Crippen molar-refractivity contribution in [2.24, 2.45) is 5.92 Å². The Labute approximate surface area is 110 Å². The number of carbonyl (C=O) groups excluding carboxylic acids is 1. The zero-order valence-electron chi connectivity index (χ0n) is 10.1. The average molecular weight is 297 g/mol. The fraction of sp³-hybridized carbons (Fsp3) is 0.462. The second kappa shape index (κ2) is 5.19. The lowest BCUT2D eigenvalue weighted by atomic mass is 10.1. The molecule has 1 saturated heterocycles. The van der Waals surface area contributed by atoms with Crippen LogP contribution in [0.3, 0.4) is 0 Å². The SMILES string of the molecule is CC1CNC(C)C(=O)N(c2cccc(Br)c2)C1. The molecule has 4 heteroatoms. The third-order valence-electron chi connectivity index (χ3n) is 3.02. The minimum absolute atomic E-state index is 0.112. The summed E-state index contributed by atoms with van der Waals surface area (Å²) in [6.45, 7) is 5.73. The standard InChI is InChI=1S/C13H17BrN2O/c1-9-7-15-10(2)13(17)16(8-9)12-5-3-4-11(14)6-12/h3-6,9-10,15H,7-8H2,1-2H3. The van der Waals surface area contributed by atoms with E-state index < -0.39 is 0 Å². The van der Waals surface area contributed by atoms with E-state index in [1.165, 1.54) is 0 Å². The van der Waals surface area contributed by atoms with Gasteiger partial charge in [0, 0.05) is 23.2 Å². The van der Waals surface area contributed by atoms with Crippen LogP contribution in [0.15, 0.2) is 28.7 Å². The molecule has 92 valence electrons. The lowest BCUT2D eigenvalue weighted by Crippen LogP contribution is -2.41. The van der Waals surface area contributed by atoms with Crippen LogP contribution in [0.5, 0.6) is 0 Å². The number of amides is 1. The van der Waals surface area contributed by atoms with E-state index in [0.717, 1.165) is 23.2 Å². The van der Waals surface area contributed by atoms with Gasteiger partial charge in [-0.2, -0.15) is 0 Å². The Balaban J connectivity index is 2.31. The van der Waals surface area contributed by atoms with Crippen molar-refractivity contribution in [2.75, 3.05) is 18.0 Å². The predicted molar refractivity (Wildman–Crippen MR) is 73.1 cm³/mol. The van der Waals surface area contributed by atoms with Crippen LogP contribution in [0.2, 0.25) is 0 Å². The van der Waals surface area contributed by atoms with E-state index in [-0.39, 0.29) is 11.9 Å². The van der Waals surface area contributed by atoms with Gasteiger partial charge in [-0.25, -0.2) is 0 Å². The first-order chi connectivity index (χ1) is 8.08. The molecule has 0 saturated carbocycles. The Hall–Kier alpha value is -0.870. The largest absolute Gasteiger partial charge is 0.311 e. The molecule has 0 aromatic heterocycles. The van der Waals surface area contributed by atoms with Crippen molar-refractivity contribution in [3.63, 3.8) is 0 Å². The van der Waals surface area contributed by atoms with Crippen molar-refractivity contribution in [1.82, 2.24) is 5.32 Å². The molecule has 1 aliphatic heterocycles. The van der Waals surface area contributed by atoms with Crippen LogP contribution < -0.4 is 10.2 Å². The lowest BCUT2D eigenvalue weighted by Gasteiger charge is -2.24. The summed E-state index contributed by atoms with van der Waals surface area (Å²) in [5, 5.41) is 3.26. The molecule has 2 rings (SSSR count). The van der Waals surface area contributed by atoms with Gasteiger partial charge in [0.05, 0.1) is 6.04 Å². The summed E-state index contributed by atoms with van der Waals surface area (Å²) in [6, 6.07) is 7.78. The molecule has 0 radical (unpaired) electrons. The fourth-order valence-electron chi connectivity index (χ4n) is 2.04. The molecule has 1 heterocycles. The molecule has 1 aliphatic rings. The lowest BCUT2D eigenvalue weighted by molar-refractivity contribution is -0.119. The molecule has 2 atom stereocenters. The number of benzene rings is 1. The van der Waals surface area contributed by atoms with Gasteiger partial charge in [-0.1, -0.05) is 28.9 Å². The summed E-state index contributed by atoms with van der Waals surface area (Å²) in [5.74, 6) is 0.607. The number of halogens is 1. The van der Waals surface area contributed by atoms with Crippen molar-refractivity contribution in [2.45, 2.75) is 19.9 Å². The number of hydrogen-bond donors (Lipinski definition) is 1. The van der Waals surface area contributed by atoms with E-state index in [0.29, 0.717) is 5.92 Å². The summed E-state index contributed by atoms with van der Waals surface area (Å²) in [7, 11) is 0. The highest BCUT2D eigenvalue weighted by Gasteiger charge is 2.27. The van der Waals surface area contributed by atoms with E-state index in [2.05, 4.69) is 28.2 Å². The van der Waals surface area contributed by atoms with Crippen LogP contribution in [-0.4, -0.2) is 25.0 Å². The predicted octanol–water partition coefficient (Wildman–Crippen LogP) is 2.41. The average Bonchev–Trinajstić information content (AvgIpc) is 2.43. The Kier molecular flexibility index (Phi) is 3.84. The van der Waals surface area contributed by atoms with Gasteiger partial charge in [-0.15, -0.1) is 0 Å². The van der Waals surface area contributed by atoms with Crippen LogP contribution in [0.25, 0.3) is 0 Å². The highest BCUT2D eigenvalue weighted by molar-refractivity contribution is 9.10. The number of hydrogen-bond acceptors (Lipinski definition) is 2. The summed E-state index contributed by atoms with van der Waals surface area (Å²) in [5.41, 5.74) is 0.965. The smallest absolute Gasteiger partial charge is 0.243 e. The number of rotatable bonds is 1. The molecular weight excluding hydrogens is 280 g/mol. The maximum absolute atomic E-state index is 12.3. The second-order valence-electron chi connectivity index (χ2n) is 4.66. The zero-order valence-corrected chi connectivity index (χ0v) is 11.7. The minimum atomic E-state index is -0.112. The molecule has 1 aromatic rings. The van der Waals surface area contributed by atoms with Crippen molar-refractivity contribution in [3.05, 3.63) is 28.7 Å². The minimum Gasteiger partial charge on any atom is -0.311 e. The van der Waals surface area contributed by atoms with Gasteiger partial charge in [0.1, 0.15) is 0 Å². The van der Waals surface area contributed by atoms with Gasteiger partial charge in [0.15, 0.2) is 0 Å². The van der Waals surface area contributed by atoms with E-state index >= 15 is 0 Å². The molecule has 17 heavy (non-hydrogen) atoms. The molecule has 1 N–H and O–H groups in total. The Morgan fingerprint density at radius 1 is 1.41 bits per heavy atom. The molecule has 0 spiro atoms. The highest BCUT2D eigenvalue weighted by Crippen LogP contribution is 2.22. The second-order valence-corrected chi connectivity index (χ2v) is 5.58. The van der Waals surface area contributed by atoms with Crippen molar-refractivity contribution in [1.29, 1.82) is 0 Å². The molecule has 1 fully saturated rings. The highest BCUT2D eigenvalue weighted by atomic mass is 79.9. The number of carbonyl (C=O) groups is 1. The monoisotopic (exact) mass is 296 g/mol. The van der Waals surface area contributed by atoms with E-state index in [9.17, 15) is 4.79 Å². The maximum atomic E-state index is 12.3. The van der Waals surface area contributed by atoms with Gasteiger partial charge in [-0.3, -0.25) is 4.79 Å². The number of anilines is 1. The van der Waals surface area contributed by atoms with Crippen LogP contribution in [0, 0.1) is 5.92 Å². The van der Waals surface area contributed by atoms with Crippen LogP contribution in [0.1, 0.15) is 13.8 Å². The molecule has 3 nitrogen and oxygen atoms in total. The molecule has 1 amide bonds. The van der Waals surface area contributed by atoms with Crippen molar-refractivity contribution in [3.8, 4) is 0 Å². The van der Waals surface area contributed by atoms with Crippen LogP contribution in [-0.2, 0) is 4.79 Å². The maximum Gasteiger partial charge on any atom is 0.243 e. The molecule has 2 unspecified atom stereocenters. The van der Waals surface area contributed by atoms with Gasteiger partial charge in [0.2, 0.25) is 5.91 Å². The van der Waals surface area contributed by atoms with Gasteiger partial charge >= 0.3 is 0 Å². The summed E-state index contributed by atoms with van der Waals surface area (Å²) < 4.78 is 1.00. The van der Waals surface area contributed by atoms with Crippen molar-refractivity contribution >= 4 is 27.5 Å². The molecule has 0 aliphatic carbocycles. The third-order valence-corrected chi connectivity index (χ3v) is 3.52. The first-order valence-corrected chi connectivity index (χ1v) is 6.67. The summed E-state index contributed by atoms with van der Waals surface area (Å²) in [6.07, 6.45) is 0. The fourth-order valence-corrected chi connectivity index (χ4v) is 2.43. The molecule has 0 bridgehead atoms. The van der Waals surface area contributed by atoms with Crippen LogP contribution in [0.4, 0.5) is 5.69 Å². The quantitative estimate of drug-likeness (QED) is 0.863. The summed E-state index contributed by atoms with van der Waals surface area (Å²) in [4.78, 5) is 14.1. The zero-order chi connectivity index (χ0) is 12.4. The molecular formula is C13H17BrN2O. The van der Waals surface area contributed by atoms with Crippen LogP contribution >= 0.6 is 15.9 Å². The Morgan fingerprint density at radius 3 is 2.88 bits per heavy atom. The first kappa shape index (κ1) is 12.6. The molecule has 1 aromatic carbocycles. The normalized spacial score (nSPS) is 25.8. The van der Waals surface area contributed by atoms with Gasteiger partial charge in [0.25, 0.3) is 0 Å².